The van der Waals surface area contributed by atoms with E-state index in [0.29, 0.717) is 10.7 Å². The Kier molecular flexibility index (Phi) is 5.89. The van der Waals surface area contributed by atoms with Crippen LogP contribution in [0.1, 0.15) is 24.1 Å². The summed E-state index contributed by atoms with van der Waals surface area (Å²) in [7, 11) is 0. The number of hydrogen-bond donors (Lipinski definition) is 2. The molecular formula is C17H19ClN3O3+. The molecule has 3 N–H and O–H groups in total. The van der Waals surface area contributed by atoms with Gasteiger partial charge in [-0.25, -0.2) is 0 Å². The molecule has 24 heavy (non-hydrogen) atoms. The van der Waals surface area contributed by atoms with Crippen molar-refractivity contribution in [2.24, 2.45) is 0 Å². The van der Waals surface area contributed by atoms with Crippen LogP contribution in [0.5, 0.6) is 0 Å². The highest BCUT2D eigenvalue weighted by Crippen LogP contribution is 2.21. The molecule has 0 saturated carbocycles. The summed E-state index contributed by atoms with van der Waals surface area (Å²) in [5.41, 5.74) is 2.21. The van der Waals surface area contributed by atoms with Crippen molar-refractivity contribution >= 4 is 28.9 Å². The number of rotatable bonds is 6. The number of carbonyl (C=O) groups is 1. The summed E-state index contributed by atoms with van der Waals surface area (Å²) >= 11 is 5.97. The molecule has 2 rings (SSSR count). The Morgan fingerprint density at radius 1 is 1.33 bits per heavy atom. The van der Waals surface area contributed by atoms with E-state index in [1.165, 1.54) is 12.1 Å². The van der Waals surface area contributed by atoms with Crippen molar-refractivity contribution in [1.29, 1.82) is 0 Å². The Balaban J connectivity index is 1.96. The fourth-order valence-electron chi connectivity index (χ4n) is 2.27. The van der Waals surface area contributed by atoms with Crippen LogP contribution in [0.25, 0.3) is 0 Å². The van der Waals surface area contributed by atoms with Gasteiger partial charge in [0.1, 0.15) is 6.04 Å². The zero-order valence-electron chi connectivity index (χ0n) is 13.5. The minimum absolute atomic E-state index is 0.0489. The number of aryl methyl sites for hydroxylation is 1. The van der Waals surface area contributed by atoms with Crippen molar-refractivity contribution in [2.75, 3.05) is 11.9 Å². The van der Waals surface area contributed by atoms with E-state index in [0.717, 1.165) is 11.1 Å². The van der Waals surface area contributed by atoms with Gasteiger partial charge in [-0.1, -0.05) is 29.8 Å². The molecule has 0 saturated heterocycles. The second-order valence-electron chi connectivity index (χ2n) is 5.59. The molecule has 0 unspecified atom stereocenters. The number of nitrogens with zero attached hydrogens (tertiary/aromatic N) is 1. The van der Waals surface area contributed by atoms with Crippen LogP contribution in [-0.4, -0.2) is 17.4 Å². The molecule has 0 fully saturated rings. The third kappa shape index (κ3) is 4.78. The molecule has 1 amide bonds. The molecule has 0 radical (unpaired) electrons. The van der Waals surface area contributed by atoms with Gasteiger partial charge in [0.15, 0.2) is 6.54 Å². The van der Waals surface area contributed by atoms with Crippen molar-refractivity contribution in [2.45, 2.75) is 19.9 Å². The zero-order valence-corrected chi connectivity index (χ0v) is 14.2. The maximum atomic E-state index is 12.1. The van der Waals surface area contributed by atoms with Crippen LogP contribution < -0.4 is 10.6 Å². The number of hydrogen-bond acceptors (Lipinski definition) is 3. The molecule has 0 aliphatic heterocycles. The Labute approximate surface area is 145 Å². The number of nitrogens with one attached hydrogen (secondary N) is 1. The molecule has 6 nitrogen and oxygen atoms in total. The van der Waals surface area contributed by atoms with Gasteiger partial charge in [0.2, 0.25) is 0 Å². The lowest BCUT2D eigenvalue weighted by molar-refractivity contribution is -0.682. The molecule has 0 bridgehead atoms. The lowest BCUT2D eigenvalue weighted by Crippen LogP contribution is -2.86. The van der Waals surface area contributed by atoms with Gasteiger partial charge in [-0.2, -0.15) is 0 Å². The quantitative estimate of drug-likeness (QED) is 0.621. The monoisotopic (exact) mass is 348 g/mol. The number of anilines is 1. The largest absolute Gasteiger partial charge is 0.333 e. The maximum Gasteiger partial charge on any atom is 0.279 e. The Bertz CT molecular complexity index is 764. The number of carbonyl (C=O) groups excluding carboxylic acids is 1. The Morgan fingerprint density at radius 2 is 2.08 bits per heavy atom. The van der Waals surface area contributed by atoms with Crippen LogP contribution in [0.3, 0.4) is 0 Å². The number of quaternary nitrogens is 1. The van der Waals surface area contributed by atoms with Gasteiger partial charge in [-0.15, -0.1) is 0 Å². The first-order valence-corrected chi connectivity index (χ1v) is 7.88. The van der Waals surface area contributed by atoms with Gasteiger partial charge < -0.3 is 10.6 Å². The number of amides is 1. The fourth-order valence-corrected chi connectivity index (χ4v) is 2.47. The summed E-state index contributed by atoms with van der Waals surface area (Å²) in [6.45, 7) is 3.98. The molecule has 126 valence electrons. The second-order valence-corrected chi connectivity index (χ2v) is 6.02. The van der Waals surface area contributed by atoms with Gasteiger partial charge >= 0.3 is 0 Å². The topological polar surface area (TPSA) is 88.9 Å². The van der Waals surface area contributed by atoms with E-state index in [1.807, 2.05) is 30.4 Å². The molecule has 2 aromatic carbocycles. The smallest absolute Gasteiger partial charge is 0.279 e. The van der Waals surface area contributed by atoms with Crippen LogP contribution in [0.15, 0.2) is 42.5 Å². The molecular weight excluding hydrogens is 330 g/mol. The average Bonchev–Trinajstić information content (AvgIpc) is 2.54. The first-order valence-electron chi connectivity index (χ1n) is 7.50. The van der Waals surface area contributed by atoms with Gasteiger partial charge in [0.05, 0.1) is 10.6 Å². The zero-order chi connectivity index (χ0) is 17.7. The van der Waals surface area contributed by atoms with Crippen LogP contribution >= 0.6 is 11.6 Å². The Hall–Kier alpha value is -2.44. The SMILES string of the molecule is Cc1ccc([N+](=O)[O-])cc1NC(=O)C[NH2+][C@H](C)c1cccc(Cl)c1. The molecule has 0 aliphatic rings. The van der Waals surface area contributed by atoms with Crippen molar-refractivity contribution in [3.8, 4) is 0 Å². The van der Waals surface area contributed by atoms with E-state index < -0.39 is 4.92 Å². The predicted octanol–water partition coefficient (Wildman–Crippen LogP) is 2.82. The summed E-state index contributed by atoms with van der Waals surface area (Å²) in [5, 5.41) is 16.1. The maximum absolute atomic E-state index is 12.1. The minimum atomic E-state index is -0.484. The third-order valence-corrected chi connectivity index (χ3v) is 3.97. The molecule has 1 atom stereocenters. The highest BCUT2D eigenvalue weighted by molar-refractivity contribution is 6.30. The van der Waals surface area contributed by atoms with E-state index in [4.69, 9.17) is 11.6 Å². The van der Waals surface area contributed by atoms with Crippen LogP contribution in [0.4, 0.5) is 11.4 Å². The first kappa shape index (κ1) is 17.9. The van der Waals surface area contributed by atoms with Crippen molar-refractivity contribution in [1.82, 2.24) is 0 Å². The van der Waals surface area contributed by atoms with Crippen LogP contribution in [0, 0.1) is 17.0 Å². The highest BCUT2D eigenvalue weighted by Gasteiger charge is 2.14. The number of halogens is 1. The van der Waals surface area contributed by atoms with E-state index >= 15 is 0 Å². The van der Waals surface area contributed by atoms with E-state index in [2.05, 4.69) is 5.32 Å². The summed E-state index contributed by atoms with van der Waals surface area (Å²) in [4.78, 5) is 22.5. The Morgan fingerprint density at radius 3 is 2.75 bits per heavy atom. The molecule has 0 heterocycles. The van der Waals surface area contributed by atoms with Crippen LogP contribution in [-0.2, 0) is 4.79 Å². The predicted molar refractivity (Wildman–Crippen MR) is 93.1 cm³/mol. The fraction of sp³-hybridized carbons (Fsp3) is 0.235. The number of benzene rings is 2. The molecule has 2 aromatic rings. The third-order valence-electron chi connectivity index (χ3n) is 3.74. The summed E-state index contributed by atoms with van der Waals surface area (Å²) in [6.07, 6.45) is 0. The molecule has 0 aromatic heterocycles. The number of nitro benzene ring substituents is 1. The summed E-state index contributed by atoms with van der Waals surface area (Å²) < 4.78 is 0. The summed E-state index contributed by atoms with van der Waals surface area (Å²) in [6, 6.07) is 12.0. The van der Waals surface area contributed by atoms with Crippen molar-refractivity contribution < 1.29 is 15.0 Å². The minimum Gasteiger partial charge on any atom is -0.333 e. The van der Waals surface area contributed by atoms with Gasteiger partial charge in [-0.05, 0) is 31.5 Å². The number of non-ortho nitro benzene ring substituents is 1. The molecule has 7 heteroatoms. The highest BCUT2D eigenvalue weighted by atomic mass is 35.5. The number of nitrogens with two attached hydrogens (primary N) is 1. The van der Waals surface area contributed by atoms with Gasteiger partial charge in [0.25, 0.3) is 11.6 Å². The second kappa shape index (κ2) is 7.90. The van der Waals surface area contributed by atoms with E-state index in [-0.39, 0.29) is 24.2 Å². The summed E-state index contributed by atoms with van der Waals surface area (Å²) in [5.74, 6) is -0.215. The average molecular weight is 349 g/mol. The van der Waals surface area contributed by atoms with Crippen LogP contribution in [0.2, 0.25) is 5.02 Å². The molecule has 0 spiro atoms. The van der Waals surface area contributed by atoms with Crippen molar-refractivity contribution in [3.63, 3.8) is 0 Å². The normalized spacial score (nSPS) is 11.8. The van der Waals surface area contributed by atoms with E-state index in [1.54, 1.807) is 19.1 Å². The number of nitro groups is 1. The standard InChI is InChI=1S/C17H18ClN3O3/c1-11-6-7-15(21(23)24)9-16(11)20-17(22)10-19-12(2)13-4-3-5-14(18)8-13/h3-9,12,19H,10H2,1-2H3,(H,20,22)/p+1/t12-/m1/s1. The van der Waals surface area contributed by atoms with Gasteiger partial charge in [-0.3, -0.25) is 14.9 Å². The van der Waals surface area contributed by atoms with Gasteiger partial charge in [0, 0.05) is 22.7 Å². The lowest BCUT2D eigenvalue weighted by Gasteiger charge is -2.12. The lowest BCUT2D eigenvalue weighted by atomic mass is 10.1. The van der Waals surface area contributed by atoms with E-state index in [9.17, 15) is 14.9 Å². The molecule has 0 aliphatic carbocycles. The van der Waals surface area contributed by atoms with Crippen molar-refractivity contribution in [3.05, 3.63) is 68.7 Å². The first-order chi connectivity index (χ1) is 11.4.